The van der Waals surface area contributed by atoms with Crippen molar-refractivity contribution in [2.75, 3.05) is 13.1 Å². The van der Waals surface area contributed by atoms with Crippen LogP contribution in [0.1, 0.15) is 18.3 Å². The molecule has 0 amide bonds. The maximum Gasteiger partial charge on any atom is 0.317 e. The first-order chi connectivity index (χ1) is 8.49. The van der Waals surface area contributed by atoms with Gasteiger partial charge < -0.3 is 5.11 Å². The second-order valence-corrected chi connectivity index (χ2v) is 4.83. The molecule has 1 aromatic rings. The molecule has 0 bridgehead atoms. The molecule has 0 aliphatic rings. The normalized spacial score (nSPS) is 10.9. The molecule has 0 radical (unpaired) electrons. The summed E-state index contributed by atoms with van der Waals surface area (Å²) in [4.78, 5) is 12.6. The Labute approximate surface area is 115 Å². The fourth-order valence-corrected chi connectivity index (χ4v) is 2.50. The highest BCUT2D eigenvalue weighted by Gasteiger charge is 2.16. The largest absolute Gasteiger partial charge is 0.480 e. The fraction of sp³-hybridized carbons (Fsp3) is 0.500. The summed E-state index contributed by atoms with van der Waals surface area (Å²) < 4.78 is 2.76. The topological polar surface area (TPSA) is 58.4 Å². The number of aryl methyl sites for hydroxylation is 2. The monoisotopic (exact) mass is 315 g/mol. The van der Waals surface area contributed by atoms with Gasteiger partial charge in [-0.05, 0) is 22.4 Å². The number of rotatable bonds is 7. The molecule has 0 spiro atoms. The van der Waals surface area contributed by atoms with Crippen molar-refractivity contribution in [2.24, 2.45) is 7.05 Å². The lowest BCUT2D eigenvalue weighted by molar-refractivity contribution is -0.138. The highest BCUT2D eigenvalue weighted by atomic mass is 79.9. The van der Waals surface area contributed by atoms with Crippen LogP contribution in [0.3, 0.4) is 0 Å². The van der Waals surface area contributed by atoms with Crippen molar-refractivity contribution in [3.63, 3.8) is 0 Å². The highest BCUT2D eigenvalue weighted by molar-refractivity contribution is 9.10. The molecule has 0 atom stereocenters. The Balaban J connectivity index is 2.89. The van der Waals surface area contributed by atoms with Crippen LogP contribution < -0.4 is 0 Å². The van der Waals surface area contributed by atoms with Crippen LogP contribution in [-0.2, 0) is 24.8 Å². The first kappa shape index (κ1) is 14.9. The van der Waals surface area contributed by atoms with Crippen LogP contribution in [0.25, 0.3) is 0 Å². The van der Waals surface area contributed by atoms with Gasteiger partial charge in [0.05, 0.1) is 22.4 Å². The van der Waals surface area contributed by atoms with Crippen LogP contribution in [0.4, 0.5) is 0 Å². The lowest BCUT2D eigenvalue weighted by atomic mass is 10.3. The van der Waals surface area contributed by atoms with E-state index >= 15 is 0 Å². The summed E-state index contributed by atoms with van der Waals surface area (Å²) in [6, 6.07) is 0. The summed E-state index contributed by atoms with van der Waals surface area (Å²) in [6.07, 6.45) is 2.54. The van der Waals surface area contributed by atoms with Crippen LogP contribution in [-0.4, -0.2) is 38.8 Å². The van der Waals surface area contributed by atoms with Crippen molar-refractivity contribution in [2.45, 2.75) is 19.9 Å². The van der Waals surface area contributed by atoms with E-state index in [0.717, 1.165) is 22.3 Å². The van der Waals surface area contributed by atoms with E-state index in [4.69, 9.17) is 5.11 Å². The maximum atomic E-state index is 10.8. The number of carboxylic acids is 1. The number of nitrogens with zero attached hydrogens (tertiary/aromatic N) is 3. The summed E-state index contributed by atoms with van der Waals surface area (Å²) in [5.74, 6) is -0.842. The molecular weight excluding hydrogens is 298 g/mol. The molecule has 0 aliphatic carbocycles. The van der Waals surface area contributed by atoms with E-state index in [0.29, 0.717) is 13.1 Å². The van der Waals surface area contributed by atoms with Gasteiger partial charge in [0.15, 0.2) is 0 Å². The third kappa shape index (κ3) is 3.68. The second-order valence-electron chi connectivity index (χ2n) is 4.04. The van der Waals surface area contributed by atoms with Crippen molar-refractivity contribution in [3.05, 3.63) is 28.5 Å². The Morgan fingerprint density at radius 1 is 1.67 bits per heavy atom. The maximum absolute atomic E-state index is 10.8. The summed E-state index contributed by atoms with van der Waals surface area (Å²) in [6.45, 7) is 6.74. The Kier molecular flexibility index (Phi) is 5.55. The number of halogens is 1. The fourth-order valence-electron chi connectivity index (χ4n) is 1.76. The van der Waals surface area contributed by atoms with Gasteiger partial charge in [-0.3, -0.25) is 14.4 Å². The Hall–Kier alpha value is -1.14. The highest BCUT2D eigenvalue weighted by Crippen LogP contribution is 2.22. The minimum absolute atomic E-state index is 0.00883. The van der Waals surface area contributed by atoms with Crippen LogP contribution in [0.5, 0.6) is 0 Å². The molecule has 0 fully saturated rings. The first-order valence-electron chi connectivity index (χ1n) is 5.74. The molecule has 0 saturated carbocycles. The molecule has 5 nitrogen and oxygen atoms in total. The van der Waals surface area contributed by atoms with Crippen LogP contribution in [0, 0.1) is 0 Å². The van der Waals surface area contributed by atoms with E-state index in [1.165, 1.54) is 0 Å². The van der Waals surface area contributed by atoms with Crippen LogP contribution >= 0.6 is 15.9 Å². The van der Waals surface area contributed by atoms with E-state index in [2.05, 4.69) is 27.6 Å². The predicted octanol–water partition coefficient (Wildman–Crippen LogP) is 1.82. The van der Waals surface area contributed by atoms with Crippen LogP contribution in [0.2, 0.25) is 0 Å². The van der Waals surface area contributed by atoms with Gasteiger partial charge in [0.25, 0.3) is 0 Å². The van der Waals surface area contributed by atoms with Crippen LogP contribution in [0.15, 0.2) is 17.1 Å². The number of aromatic nitrogens is 2. The average Bonchev–Trinajstić information content (AvgIpc) is 2.56. The van der Waals surface area contributed by atoms with E-state index < -0.39 is 5.97 Å². The zero-order valence-corrected chi connectivity index (χ0v) is 12.3. The van der Waals surface area contributed by atoms with Gasteiger partial charge in [-0.15, -0.1) is 6.58 Å². The molecule has 1 heterocycles. The van der Waals surface area contributed by atoms with Gasteiger partial charge in [0, 0.05) is 20.1 Å². The van der Waals surface area contributed by atoms with Crippen molar-refractivity contribution >= 4 is 21.9 Å². The molecule has 0 aliphatic heterocycles. The Bertz CT molecular complexity index is 443. The first-order valence-corrected chi connectivity index (χ1v) is 6.54. The zero-order valence-electron chi connectivity index (χ0n) is 10.7. The molecule has 6 heteroatoms. The molecular formula is C12H18BrN3O2. The molecule has 1 N–H and O–H groups in total. The minimum atomic E-state index is -0.842. The third-order valence-electron chi connectivity index (χ3n) is 2.62. The summed E-state index contributed by atoms with van der Waals surface area (Å²) in [5, 5.41) is 13.3. The Morgan fingerprint density at radius 3 is 2.78 bits per heavy atom. The Morgan fingerprint density at radius 2 is 2.33 bits per heavy atom. The third-order valence-corrected chi connectivity index (χ3v) is 3.54. The lowest BCUT2D eigenvalue weighted by Crippen LogP contribution is -2.30. The summed E-state index contributed by atoms with van der Waals surface area (Å²) in [7, 11) is 1.87. The molecule has 100 valence electrons. The van der Waals surface area contributed by atoms with Crippen molar-refractivity contribution in [3.8, 4) is 0 Å². The van der Waals surface area contributed by atoms with Gasteiger partial charge in [-0.25, -0.2) is 0 Å². The van der Waals surface area contributed by atoms with Gasteiger partial charge in [0.2, 0.25) is 0 Å². The molecule has 0 unspecified atom stereocenters. The van der Waals surface area contributed by atoms with Crippen molar-refractivity contribution in [1.29, 1.82) is 0 Å². The molecule has 18 heavy (non-hydrogen) atoms. The standard InChI is InChI=1S/C12H18BrN3O2/c1-4-6-16(8-11(17)18)7-10-12(13)9(5-2)14-15(10)3/h4H,1,5-8H2,2-3H3,(H,17,18). The second kappa shape index (κ2) is 6.70. The smallest absolute Gasteiger partial charge is 0.317 e. The number of hydrogen-bond donors (Lipinski definition) is 1. The average molecular weight is 316 g/mol. The number of aliphatic carboxylic acids is 1. The molecule has 0 saturated heterocycles. The quantitative estimate of drug-likeness (QED) is 0.780. The van der Waals surface area contributed by atoms with Gasteiger partial charge in [0.1, 0.15) is 0 Å². The minimum Gasteiger partial charge on any atom is -0.480 e. The number of carboxylic acid groups (broad SMARTS) is 1. The van der Waals surface area contributed by atoms with Gasteiger partial charge >= 0.3 is 5.97 Å². The molecule has 0 aromatic carbocycles. The van der Waals surface area contributed by atoms with E-state index in [-0.39, 0.29) is 6.54 Å². The summed E-state index contributed by atoms with van der Waals surface area (Å²) >= 11 is 3.52. The van der Waals surface area contributed by atoms with E-state index in [9.17, 15) is 4.79 Å². The number of carbonyl (C=O) groups is 1. The van der Waals surface area contributed by atoms with E-state index in [1.54, 1.807) is 15.7 Å². The molecule has 1 rings (SSSR count). The van der Waals surface area contributed by atoms with E-state index in [1.807, 2.05) is 14.0 Å². The summed E-state index contributed by atoms with van der Waals surface area (Å²) in [5.41, 5.74) is 1.97. The number of hydrogen-bond acceptors (Lipinski definition) is 3. The molecule has 1 aromatic heterocycles. The predicted molar refractivity (Wildman–Crippen MR) is 73.4 cm³/mol. The van der Waals surface area contributed by atoms with Gasteiger partial charge in [-0.2, -0.15) is 5.10 Å². The van der Waals surface area contributed by atoms with Crippen molar-refractivity contribution in [1.82, 2.24) is 14.7 Å². The van der Waals surface area contributed by atoms with Gasteiger partial charge in [-0.1, -0.05) is 13.0 Å². The van der Waals surface area contributed by atoms with Crippen molar-refractivity contribution < 1.29 is 9.90 Å². The lowest BCUT2D eigenvalue weighted by Gasteiger charge is -2.18. The SMILES string of the molecule is C=CCN(CC(=O)O)Cc1c(Br)c(CC)nn1C. The zero-order chi connectivity index (χ0) is 13.7.